The Bertz CT molecular complexity index is 1260. The Hall–Kier alpha value is -2.43. The van der Waals surface area contributed by atoms with Gasteiger partial charge in [0.15, 0.2) is 5.82 Å². The minimum Gasteiger partial charge on any atom is -0.364 e. The largest absolute Gasteiger partial charge is 0.364 e. The Morgan fingerprint density at radius 1 is 1.06 bits per heavy atom. The van der Waals surface area contributed by atoms with Gasteiger partial charge in [-0.2, -0.15) is 4.98 Å². The van der Waals surface area contributed by atoms with Crippen LogP contribution < -0.4 is 15.4 Å². The van der Waals surface area contributed by atoms with E-state index in [9.17, 15) is 13.2 Å². The topological polar surface area (TPSA) is 116 Å². The van der Waals surface area contributed by atoms with E-state index in [1.165, 1.54) is 17.4 Å². The predicted octanol–water partition coefficient (Wildman–Crippen LogP) is 3.97. The number of carbonyl (C=O) groups excluding carboxylic acids is 1. The van der Waals surface area contributed by atoms with Crippen LogP contribution in [0.1, 0.15) is 68.4 Å². The van der Waals surface area contributed by atoms with Crippen molar-refractivity contribution in [3.63, 3.8) is 0 Å². The molecule has 2 aromatic rings. The van der Waals surface area contributed by atoms with E-state index < -0.39 is 10.0 Å². The summed E-state index contributed by atoms with van der Waals surface area (Å²) in [5.74, 6) is 1.74. The predicted molar refractivity (Wildman–Crippen MR) is 141 cm³/mol. The number of rotatable bonds is 6. The standard InChI is InChI=1S/C25H33ClN6O3S/c1-15(33)32-13-16-7-8-17(14-32)20-11-18(9-10-19(16)20)28-25-27-12-21(26)24(30-25)29-22-5-3-4-6-23(22)31-36(2,34)35/h9-12,16-17,22-23,31H,3-8,13-14H2,1-2H3,(H2,27,28,29,30)/t16?,17?,22-,23-/m1/s1. The van der Waals surface area contributed by atoms with Crippen LogP contribution >= 0.6 is 11.6 Å². The van der Waals surface area contributed by atoms with E-state index in [0.29, 0.717) is 28.6 Å². The number of hydrogen-bond donors (Lipinski definition) is 3. The third kappa shape index (κ3) is 5.60. The Labute approximate surface area is 217 Å². The Kier molecular flexibility index (Phi) is 7.11. The minimum absolute atomic E-state index is 0.110. The lowest BCUT2D eigenvalue weighted by atomic mass is 9.78. The summed E-state index contributed by atoms with van der Waals surface area (Å²) in [4.78, 5) is 23.0. The van der Waals surface area contributed by atoms with Gasteiger partial charge in [0.1, 0.15) is 5.02 Å². The molecule has 1 saturated heterocycles. The molecule has 2 unspecified atom stereocenters. The van der Waals surface area contributed by atoms with Crippen LogP contribution in [0, 0.1) is 0 Å². The van der Waals surface area contributed by atoms with Gasteiger partial charge in [-0.3, -0.25) is 4.79 Å². The summed E-state index contributed by atoms with van der Waals surface area (Å²) in [6, 6.07) is 6.03. The summed E-state index contributed by atoms with van der Waals surface area (Å²) in [6.07, 6.45) is 8.49. The summed E-state index contributed by atoms with van der Waals surface area (Å²) in [7, 11) is -3.32. The van der Waals surface area contributed by atoms with E-state index in [1.54, 1.807) is 13.1 Å². The quantitative estimate of drug-likeness (QED) is 0.515. The monoisotopic (exact) mass is 532 g/mol. The van der Waals surface area contributed by atoms with Crippen molar-refractivity contribution in [3.8, 4) is 0 Å². The van der Waals surface area contributed by atoms with Crippen molar-refractivity contribution in [2.45, 2.75) is 69.4 Å². The normalized spacial score (nSPS) is 25.7. The number of benzene rings is 1. The van der Waals surface area contributed by atoms with Crippen molar-refractivity contribution >= 4 is 45.0 Å². The highest BCUT2D eigenvalue weighted by atomic mass is 35.5. The molecule has 3 heterocycles. The lowest BCUT2D eigenvalue weighted by Gasteiger charge is -2.32. The van der Waals surface area contributed by atoms with Crippen molar-refractivity contribution in [2.75, 3.05) is 30.0 Å². The van der Waals surface area contributed by atoms with Crippen LogP contribution in [0.2, 0.25) is 5.02 Å². The van der Waals surface area contributed by atoms with Gasteiger partial charge in [0.2, 0.25) is 21.9 Å². The van der Waals surface area contributed by atoms with Crippen molar-refractivity contribution < 1.29 is 13.2 Å². The molecule has 11 heteroatoms. The molecule has 2 bridgehead atoms. The van der Waals surface area contributed by atoms with Gasteiger partial charge in [0.05, 0.1) is 12.5 Å². The van der Waals surface area contributed by atoms with Gasteiger partial charge < -0.3 is 15.5 Å². The highest BCUT2D eigenvalue weighted by Gasteiger charge is 2.35. The molecule has 194 valence electrons. The molecule has 0 spiro atoms. The first-order valence-electron chi connectivity index (χ1n) is 12.6. The Morgan fingerprint density at radius 3 is 2.44 bits per heavy atom. The van der Waals surface area contributed by atoms with Crippen molar-refractivity contribution in [1.82, 2.24) is 19.6 Å². The van der Waals surface area contributed by atoms with Crippen LogP contribution in [0.3, 0.4) is 0 Å². The van der Waals surface area contributed by atoms with Gasteiger partial charge in [0, 0.05) is 49.6 Å². The number of sulfonamides is 1. The summed E-state index contributed by atoms with van der Waals surface area (Å²) in [6.45, 7) is 3.20. The van der Waals surface area contributed by atoms with E-state index >= 15 is 0 Å². The molecule has 1 aromatic carbocycles. The molecule has 1 saturated carbocycles. The molecular weight excluding hydrogens is 500 g/mol. The van der Waals surface area contributed by atoms with Crippen molar-refractivity contribution in [3.05, 3.63) is 40.5 Å². The van der Waals surface area contributed by atoms with Crippen LogP contribution in [0.15, 0.2) is 24.4 Å². The number of aromatic nitrogens is 2. The lowest BCUT2D eigenvalue weighted by Crippen LogP contribution is -2.48. The molecule has 4 atom stereocenters. The second kappa shape index (κ2) is 10.1. The number of anilines is 3. The molecule has 3 N–H and O–H groups in total. The zero-order valence-electron chi connectivity index (χ0n) is 20.6. The van der Waals surface area contributed by atoms with E-state index in [2.05, 4.69) is 37.5 Å². The average molecular weight is 533 g/mol. The highest BCUT2D eigenvalue weighted by molar-refractivity contribution is 7.88. The summed E-state index contributed by atoms with van der Waals surface area (Å²) in [5.41, 5.74) is 3.52. The molecule has 2 fully saturated rings. The smallest absolute Gasteiger partial charge is 0.229 e. The van der Waals surface area contributed by atoms with Crippen LogP contribution in [0.4, 0.5) is 17.5 Å². The lowest BCUT2D eigenvalue weighted by molar-refractivity contribution is -0.129. The van der Waals surface area contributed by atoms with E-state index in [4.69, 9.17) is 11.6 Å². The first-order valence-corrected chi connectivity index (χ1v) is 14.9. The summed E-state index contributed by atoms with van der Waals surface area (Å²) >= 11 is 6.41. The fourth-order valence-corrected chi connectivity index (χ4v) is 6.86. The van der Waals surface area contributed by atoms with Crippen LogP contribution in [0.25, 0.3) is 0 Å². The fraction of sp³-hybridized carbons (Fsp3) is 0.560. The summed E-state index contributed by atoms with van der Waals surface area (Å²) < 4.78 is 26.4. The molecule has 4 aliphatic rings. The SMILES string of the molecule is CC(=O)N1CC2CCC(C1)c1cc(Nc3ncc(Cl)c(N[C@@H]4CCCC[C@H]4NS(C)(=O)=O)n3)ccc12. The fourth-order valence-electron chi connectivity index (χ4n) is 5.89. The number of fused-ring (bicyclic) bond motifs is 3. The third-order valence-electron chi connectivity index (χ3n) is 7.61. The molecule has 36 heavy (non-hydrogen) atoms. The van der Waals surface area contributed by atoms with E-state index in [-0.39, 0.29) is 18.0 Å². The molecule has 2 aliphatic carbocycles. The van der Waals surface area contributed by atoms with Crippen LogP contribution in [-0.2, 0) is 14.8 Å². The highest BCUT2D eigenvalue weighted by Crippen LogP contribution is 2.44. The number of halogens is 1. The van der Waals surface area contributed by atoms with Crippen LogP contribution in [0.5, 0.6) is 0 Å². The summed E-state index contributed by atoms with van der Waals surface area (Å²) in [5, 5.41) is 7.05. The van der Waals surface area contributed by atoms with Gasteiger partial charge >= 0.3 is 0 Å². The van der Waals surface area contributed by atoms with Crippen molar-refractivity contribution in [1.29, 1.82) is 0 Å². The Morgan fingerprint density at radius 2 is 1.75 bits per heavy atom. The third-order valence-corrected chi connectivity index (χ3v) is 8.62. The number of nitrogens with zero attached hydrogens (tertiary/aromatic N) is 3. The maximum Gasteiger partial charge on any atom is 0.229 e. The molecule has 2 aliphatic heterocycles. The maximum absolute atomic E-state index is 12.1. The van der Waals surface area contributed by atoms with E-state index in [0.717, 1.165) is 57.3 Å². The zero-order valence-corrected chi connectivity index (χ0v) is 22.2. The molecule has 1 amide bonds. The number of carbonyl (C=O) groups is 1. The number of amides is 1. The molecule has 6 rings (SSSR count). The van der Waals surface area contributed by atoms with Gasteiger partial charge in [-0.1, -0.05) is 30.5 Å². The molecule has 9 nitrogen and oxygen atoms in total. The van der Waals surface area contributed by atoms with Gasteiger partial charge in [-0.15, -0.1) is 0 Å². The minimum atomic E-state index is -3.32. The Balaban J connectivity index is 1.34. The number of nitrogens with one attached hydrogen (secondary N) is 3. The second-order valence-corrected chi connectivity index (χ2v) is 12.5. The first-order chi connectivity index (χ1) is 17.2. The van der Waals surface area contributed by atoms with Gasteiger partial charge in [0.25, 0.3) is 0 Å². The van der Waals surface area contributed by atoms with E-state index in [1.807, 2.05) is 11.0 Å². The first kappa shape index (κ1) is 25.2. The number of hydrogen-bond acceptors (Lipinski definition) is 7. The van der Waals surface area contributed by atoms with Gasteiger partial charge in [-0.05, 0) is 48.9 Å². The van der Waals surface area contributed by atoms with Crippen LogP contribution in [-0.4, -0.2) is 60.6 Å². The van der Waals surface area contributed by atoms with Crippen molar-refractivity contribution in [2.24, 2.45) is 0 Å². The molecular formula is C25H33ClN6O3S. The molecule has 0 radical (unpaired) electrons. The second-order valence-electron chi connectivity index (χ2n) is 10.3. The average Bonchev–Trinajstić information content (AvgIpc) is 3.13. The van der Waals surface area contributed by atoms with Gasteiger partial charge in [-0.25, -0.2) is 18.1 Å². The maximum atomic E-state index is 12.1. The zero-order chi connectivity index (χ0) is 25.4. The molecule has 1 aromatic heterocycles.